The fourth-order valence-corrected chi connectivity index (χ4v) is 3.31. The van der Waals surface area contributed by atoms with E-state index in [0.717, 1.165) is 6.07 Å². The van der Waals surface area contributed by atoms with Gasteiger partial charge in [-0.15, -0.1) is 0 Å². The van der Waals surface area contributed by atoms with E-state index in [0.29, 0.717) is 5.56 Å². The number of hydrogen-bond acceptors (Lipinski definition) is 3. The predicted octanol–water partition coefficient (Wildman–Crippen LogP) is 3.64. The van der Waals surface area contributed by atoms with Gasteiger partial charge in [0.2, 0.25) is 0 Å². The van der Waals surface area contributed by atoms with E-state index in [9.17, 15) is 12.8 Å². The molecule has 0 amide bonds. The Morgan fingerprint density at radius 3 is 2.60 bits per heavy atom. The van der Waals surface area contributed by atoms with Gasteiger partial charge >= 0.3 is 0 Å². The van der Waals surface area contributed by atoms with Crippen molar-refractivity contribution in [1.82, 2.24) is 4.98 Å². The third-order valence-electron chi connectivity index (χ3n) is 2.56. The van der Waals surface area contributed by atoms with E-state index in [1.165, 1.54) is 18.3 Å². The molecule has 0 saturated carbocycles. The summed E-state index contributed by atoms with van der Waals surface area (Å²) < 4.78 is 40.4. The molecule has 1 aromatic carbocycles. The van der Waals surface area contributed by atoms with Gasteiger partial charge < -0.3 is 0 Å². The quantitative estimate of drug-likeness (QED) is 0.872. The number of halogens is 3. The first-order valence-electron chi connectivity index (χ1n) is 5.41. The SMILES string of the molecule is Cc1ccnc(Cl)c1NS(=O)(=O)c1cccc(Cl)c1F. The lowest BCUT2D eigenvalue weighted by Gasteiger charge is -2.12. The van der Waals surface area contributed by atoms with Crippen molar-refractivity contribution in [3.05, 3.63) is 52.0 Å². The molecule has 20 heavy (non-hydrogen) atoms. The van der Waals surface area contributed by atoms with Crippen molar-refractivity contribution in [2.24, 2.45) is 0 Å². The highest BCUT2D eigenvalue weighted by Gasteiger charge is 2.22. The third-order valence-corrected chi connectivity index (χ3v) is 4.50. The van der Waals surface area contributed by atoms with Crippen LogP contribution in [0.4, 0.5) is 10.1 Å². The summed E-state index contributed by atoms with van der Waals surface area (Å²) in [6.45, 7) is 1.65. The first kappa shape index (κ1) is 15.0. The van der Waals surface area contributed by atoms with Gasteiger partial charge in [0.15, 0.2) is 11.0 Å². The molecule has 0 radical (unpaired) electrons. The van der Waals surface area contributed by atoms with Gasteiger partial charge in [-0.1, -0.05) is 29.3 Å². The third kappa shape index (κ3) is 2.87. The van der Waals surface area contributed by atoms with Gasteiger partial charge in [0.1, 0.15) is 4.90 Å². The molecule has 0 unspecified atom stereocenters. The summed E-state index contributed by atoms with van der Waals surface area (Å²) in [5, 5.41) is -0.294. The van der Waals surface area contributed by atoms with E-state index in [-0.39, 0.29) is 15.9 Å². The number of pyridine rings is 1. The lowest BCUT2D eigenvalue weighted by atomic mass is 10.3. The van der Waals surface area contributed by atoms with Gasteiger partial charge in [-0.2, -0.15) is 0 Å². The van der Waals surface area contributed by atoms with Crippen LogP contribution in [0.3, 0.4) is 0 Å². The zero-order chi connectivity index (χ0) is 14.9. The Morgan fingerprint density at radius 2 is 1.95 bits per heavy atom. The second-order valence-electron chi connectivity index (χ2n) is 3.95. The average Bonchev–Trinajstić information content (AvgIpc) is 2.37. The molecule has 0 aliphatic carbocycles. The maximum atomic E-state index is 13.8. The minimum Gasteiger partial charge on any atom is -0.276 e. The molecular weight excluding hydrogens is 326 g/mol. The summed E-state index contributed by atoms with van der Waals surface area (Å²) >= 11 is 11.4. The van der Waals surface area contributed by atoms with E-state index in [2.05, 4.69) is 9.71 Å². The highest BCUT2D eigenvalue weighted by atomic mass is 35.5. The van der Waals surface area contributed by atoms with E-state index in [1.807, 2.05) is 0 Å². The summed E-state index contributed by atoms with van der Waals surface area (Å²) in [6.07, 6.45) is 1.44. The van der Waals surface area contributed by atoms with Crippen LogP contribution in [0.1, 0.15) is 5.56 Å². The molecule has 2 rings (SSSR count). The Hall–Kier alpha value is -1.37. The number of hydrogen-bond donors (Lipinski definition) is 1. The van der Waals surface area contributed by atoms with Crippen LogP contribution in [0.5, 0.6) is 0 Å². The van der Waals surface area contributed by atoms with Crippen LogP contribution >= 0.6 is 23.2 Å². The number of aromatic nitrogens is 1. The molecule has 4 nitrogen and oxygen atoms in total. The van der Waals surface area contributed by atoms with Gasteiger partial charge in [-0.05, 0) is 30.7 Å². The van der Waals surface area contributed by atoms with E-state index in [4.69, 9.17) is 23.2 Å². The second-order valence-corrected chi connectivity index (χ2v) is 6.37. The topological polar surface area (TPSA) is 59.1 Å². The van der Waals surface area contributed by atoms with Gasteiger partial charge in [-0.25, -0.2) is 17.8 Å². The zero-order valence-corrected chi connectivity index (χ0v) is 12.5. The largest absolute Gasteiger partial charge is 0.276 e. The lowest BCUT2D eigenvalue weighted by molar-refractivity contribution is 0.570. The summed E-state index contributed by atoms with van der Waals surface area (Å²) in [5.41, 5.74) is 0.671. The van der Waals surface area contributed by atoms with E-state index in [1.54, 1.807) is 13.0 Å². The number of nitrogens with one attached hydrogen (secondary N) is 1. The molecule has 0 aliphatic heterocycles. The molecule has 0 bridgehead atoms. The molecule has 2 aromatic rings. The van der Waals surface area contributed by atoms with Crippen LogP contribution in [-0.2, 0) is 10.0 Å². The van der Waals surface area contributed by atoms with Crippen molar-refractivity contribution >= 4 is 38.9 Å². The molecule has 0 saturated heterocycles. The number of rotatable bonds is 3. The predicted molar refractivity (Wildman–Crippen MR) is 76.2 cm³/mol. The normalized spacial score (nSPS) is 11.4. The molecule has 1 aromatic heterocycles. The standard InChI is InChI=1S/C12H9Cl2FN2O2S/c1-7-5-6-16-12(14)11(7)17-20(18,19)9-4-2-3-8(13)10(9)15/h2-6,17H,1H3. The summed E-state index contributed by atoms with van der Waals surface area (Å²) in [5.74, 6) is -1.01. The van der Waals surface area contributed by atoms with Crippen molar-refractivity contribution in [2.75, 3.05) is 4.72 Å². The lowest BCUT2D eigenvalue weighted by Crippen LogP contribution is -2.16. The first-order chi connectivity index (χ1) is 9.33. The molecule has 0 spiro atoms. The van der Waals surface area contributed by atoms with E-state index >= 15 is 0 Å². The average molecular weight is 335 g/mol. The van der Waals surface area contributed by atoms with Gasteiger partial charge in [-0.3, -0.25) is 4.72 Å². The van der Waals surface area contributed by atoms with E-state index < -0.39 is 20.7 Å². The van der Waals surface area contributed by atoms with Gasteiger partial charge in [0, 0.05) is 6.20 Å². The maximum absolute atomic E-state index is 13.8. The van der Waals surface area contributed by atoms with Crippen LogP contribution in [-0.4, -0.2) is 13.4 Å². The van der Waals surface area contributed by atoms with Crippen LogP contribution in [0, 0.1) is 12.7 Å². The minimum absolute atomic E-state index is 0.0176. The fraction of sp³-hybridized carbons (Fsp3) is 0.0833. The Morgan fingerprint density at radius 1 is 1.25 bits per heavy atom. The number of anilines is 1. The van der Waals surface area contributed by atoms with Crippen LogP contribution in [0.15, 0.2) is 35.4 Å². The molecule has 8 heteroatoms. The van der Waals surface area contributed by atoms with Crippen molar-refractivity contribution in [1.29, 1.82) is 0 Å². The molecule has 0 fully saturated rings. The summed E-state index contributed by atoms with van der Waals surface area (Å²) in [6, 6.07) is 5.30. The maximum Gasteiger partial charge on any atom is 0.264 e. The molecule has 0 aliphatic rings. The Labute approximate surface area is 125 Å². The Bertz CT molecular complexity index is 746. The van der Waals surface area contributed by atoms with Crippen molar-refractivity contribution in [3.63, 3.8) is 0 Å². The number of sulfonamides is 1. The zero-order valence-electron chi connectivity index (χ0n) is 10.2. The van der Waals surface area contributed by atoms with Crippen LogP contribution in [0.2, 0.25) is 10.2 Å². The number of benzene rings is 1. The van der Waals surface area contributed by atoms with Crippen molar-refractivity contribution in [2.45, 2.75) is 11.8 Å². The highest BCUT2D eigenvalue weighted by Crippen LogP contribution is 2.28. The monoisotopic (exact) mass is 334 g/mol. The minimum atomic E-state index is -4.15. The molecule has 1 N–H and O–H groups in total. The summed E-state index contributed by atoms with van der Waals surface area (Å²) in [7, 11) is -4.15. The smallest absolute Gasteiger partial charge is 0.264 e. The highest BCUT2D eigenvalue weighted by molar-refractivity contribution is 7.92. The summed E-state index contributed by atoms with van der Waals surface area (Å²) in [4.78, 5) is 3.22. The molecule has 106 valence electrons. The molecule has 0 atom stereocenters. The van der Waals surface area contributed by atoms with Crippen LogP contribution in [0.25, 0.3) is 0 Å². The number of aryl methyl sites for hydroxylation is 1. The molecular formula is C12H9Cl2FN2O2S. The Balaban J connectivity index is 2.50. The Kier molecular flexibility index (Phi) is 4.17. The first-order valence-corrected chi connectivity index (χ1v) is 7.65. The number of nitrogens with zero attached hydrogens (tertiary/aromatic N) is 1. The van der Waals surface area contributed by atoms with Gasteiger partial charge in [0.25, 0.3) is 10.0 Å². The second kappa shape index (κ2) is 5.55. The fourth-order valence-electron chi connectivity index (χ4n) is 1.53. The van der Waals surface area contributed by atoms with Gasteiger partial charge in [0.05, 0.1) is 10.7 Å². The molecule has 1 heterocycles. The van der Waals surface area contributed by atoms with Crippen molar-refractivity contribution < 1.29 is 12.8 Å². The van der Waals surface area contributed by atoms with Crippen molar-refractivity contribution in [3.8, 4) is 0 Å². The van der Waals surface area contributed by atoms with Crippen LogP contribution < -0.4 is 4.72 Å².